The molecule has 5 nitrogen and oxygen atoms in total. The molecule has 126 valence electrons. The number of aryl methyl sites for hydroxylation is 1. The molecular formula is C19H25N5. The van der Waals surface area contributed by atoms with Crippen LogP contribution in [0.1, 0.15) is 31.2 Å². The Kier molecular flexibility index (Phi) is 4.24. The first-order chi connectivity index (χ1) is 11.8. The van der Waals surface area contributed by atoms with Crippen molar-refractivity contribution in [2.75, 3.05) is 36.0 Å². The van der Waals surface area contributed by atoms with Crippen LogP contribution in [0.2, 0.25) is 0 Å². The van der Waals surface area contributed by atoms with Crippen LogP contribution < -0.4 is 9.80 Å². The molecule has 2 aromatic rings. The Morgan fingerprint density at radius 2 is 1.54 bits per heavy atom. The van der Waals surface area contributed by atoms with Gasteiger partial charge in [-0.15, -0.1) is 0 Å². The van der Waals surface area contributed by atoms with Gasteiger partial charge in [0.1, 0.15) is 5.69 Å². The molecule has 2 aliphatic heterocycles. The third-order valence-corrected chi connectivity index (χ3v) is 4.99. The van der Waals surface area contributed by atoms with Crippen LogP contribution in [0.3, 0.4) is 0 Å². The molecule has 0 bridgehead atoms. The van der Waals surface area contributed by atoms with Crippen molar-refractivity contribution in [3.8, 4) is 0 Å². The predicted octanol–water partition coefficient (Wildman–Crippen LogP) is 3.37. The standard InChI is InChI=1S/C19H25N5/c1-22-15-16(13-21-22)20-14-17-18(23-9-2-3-10-23)7-6-8-19(17)24-11-4-5-12-24/h6-8,13-15H,2-5,9-12H2,1H3. The van der Waals surface area contributed by atoms with E-state index in [1.165, 1.54) is 42.6 Å². The number of aromatic nitrogens is 2. The highest BCUT2D eigenvalue weighted by Crippen LogP contribution is 2.33. The maximum absolute atomic E-state index is 4.70. The molecular weight excluding hydrogens is 298 g/mol. The van der Waals surface area contributed by atoms with Gasteiger partial charge in [-0.1, -0.05) is 6.07 Å². The number of aliphatic imine (C=N–C) groups is 1. The lowest BCUT2D eigenvalue weighted by molar-refractivity contribution is 0.768. The van der Waals surface area contributed by atoms with Crippen LogP contribution in [0.5, 0.6) is 0 Å². The van der Waals surface area contributed by atoms with Gasteiger partial charge < -0.3 is 9.80 Å². The minimum absolute atomic E-state index is 0.904. The second-order valence-electron chi connectivity index (χ2n) is 6.73. The molecule has 0 unspecified atom stereocenters. The minimum atomic E-state index is 0.904. The summed E-state index contributed by atoms with van der Waals surface area (Å²) in [7, 11) is 1.92. The summed E-state index contributed by atoms with van der Waals surface area (Å²) in [5.41, 5.74) is 4.81. The maximum Gasteiger partial charge on any atom is 0.101 e. The van der Waals surface area contributed by atoms with Gasteiger partial charge in [-0.25, -0.2) is 0 Å². The Morgan fingerprint density at radius 1 is 0.958 bits per heavy atom. The number of rotatable bonds is 4. The largest absolute Gasteiger partial charge is 0.371 e. The molecule has 0 saturated carbocycles. The van der Waals surface area contributed by atoms with E-state index in [0.717, 1.165) is 31.9 Å². The van der Waals surface area contributed by atoms with Crippen molar-refractivity contribution in [1.29, 1.82) is 0 Å². The first kappa shape index (κ1) is 15.2. The van der Waals surface area contributed by atoms with Crippen molar-refractivity contribution in [3.05, 3.63) is 36.2 Å². The fourth-order valence-electron chi connectivity index (χ4n) is 3.76. The van der Waals surface area contributed by atoms with Crippen molar-refractivity contribution >= 4 is 23.3 Å². The van der Waals surface area contributed by atoms with E-state index in [2.05, 4.69) is 33.1 Å². The Morgan fingerprint density at radius 3 is 2.04 bits per heavy atom. The van der Waals surface area contributed by atoms with Crippen molar-refractivity contribution in [1.82, 2.24) is 9.78 Å². The van der Waals surface area contributed by atoms with Crippen LogP contribution in [0.4, 0.5) is 17.1 Å². The minimum Gasteiger partial charge on any atom is -0.371 e. The molecule has 1 aromatic carbocycles. The monoisotopic (exact) mass is 323 g/mol. The third-order valence-electron chi connectivity index (χ3n) is 4.99. The molecule has 0 amide bonds. The molecule has 4 rings (SSSR count). The average molecular weight is 323 g/mol. The van der Waals surface area contributed by atoms with E-state index < -0.39 is 0 Å². The molecule has 1 aromatic heterocycles. The van der Waals surface area contributed by atoms with Gasteiger partial charge in [0.15, 0.2) is 0 Å². The molecule has 5 heteroatoms. The summed E-state index contributed by atoms with van der Waals surface area (Å²) in [6.45, 7) is 4.60. The topological polar surface area (TPSA) is 36.7 Å². The highest BCUT2D eigenvalue weighted by molar-refractivity contribution is 5.96. The summed E-state index contributed by atoms with van der Waals surface area (Å²) < 4.78 is 1.79. The van der Waals surface area contributed by atoms with Crippen molar-refractivity contribution in [3.63, 3.8) is 0 Å². The fourth-order valence-corrected chi connectivity index (χ4v) is 3.76. The first-order valence-corrected chi connectivity index (χ1v) is 8.97. The fraction of sp³-hybridized carbons (Fsp3) is 0.474. The van der Waals surface area contributed by atoms with Crippen LogP contribution in [0.25, 0.3) is 0 Å². The van der Waals surface area contributed by atoms with E-state index in [1.807, 2.05) is 25.7 Å². The zero-order chi connectivity index (χ0) is 16.4. The molecule has 0 N–H and O–H groups in total. The number of nitrogens with zero attached hydrogens (tertiary/aromatic N) is 5. The van der Waals surface area contributed by atoms with Crippen LogP contribution in [0.15, 0.2) is 35.6 Å². The Labute approximate surface area is 143 Å². The number of anilines is 2. The zero-order valence-corrected chi connectivity index (χ0v) is 14.4. The highest BCUT2D eigenvalue weighted by Gasteiger charge is 2.21. The van der Waals surface area contributed by atoms with E-state index in [0.29, 0.717) is 0 Å². The normalized spacial score (nSPS) is 18.2. The Hall–Kier alpha value is -2.30. The average Bonchev–Trinajstić information content (AvgIpc) is 3.35. The van der Waals surface area contributed by atoms with Gasteiger partial charge >= 0.3 is 0 Å². The molecule has 0 spiro atoms. The summed E-state index contributed by atoms with van der Waals surface area (Å²) in [6, 6.07) is 6.69. The van der Waals surface area contributed by atoms with Gasteiger partial charge in [-0.3, -0.25) is 9.67 Å². The summed E-state index contributed by atoms with van der Waals surface area (Å²) in [4.78, 5) is 9.71. The lowest BCUT2D eigenvalue weighted by Gasteiger charge is -2.26. The van der Waals surface area contributed by atoms with Crippen molar-refractivity contribution in [2.24, 2.45) is 12.0 Å². The molecule has 2 saturated heterocycles. The molecule has 0 radical (unpaired) electrons. The Bertz CT molecular complexity index is 687. The van der Waals surface area contributed by atoms with E-state index in [1.54, 1.807) is 4.68 Å². The SMILES string of the molecule is Cn1cc(N=Cc2c(N3CCCC3)cccc2N2CCCC2)cn1. The van der Waals surface area contributed by atoms with E-state index >= 15 is 0 Å². The molecule has 3 heterocycles. The molecule has 24 heavy (non-hydrogen) atoms. The molecule has 0 aliphatic carbocycles. The summed E-state index contributed by atoms with van der Waals surface area (Å²) in [5, 5.41) is 4.21. The summed E-state index contributed by atoms with van der Waals surface area (Å²) in [6.07, 6.45) is 10.9. The van der Waals surface area contributed by atoms with Gasteiger partial charge in [0.25, 0.3) is 0 Å². The third kappa shape index (κ3) is 3.03. The van der Waals surface area contributed by atoms with Crippen molar-refractivity contribution in [2.45, 2.75) is 25.7 Å². The van der Waals surface area contributed by atoms with Gasteiger partial charge in [0.05, 0.1) is 12.4 Å². The van der Waals surface area contributed by atoms with E-state index in [-0.39, 0.29) is 0 Å². The van der Waals surface area contributed by atoms with Crippen LogP contribution >= 0.6 is 0 Å². The van der Waals surface area contributed by atoms with Crippen LogP contribution in [-0.2, 0) is 7.05 Å². The van der Waals surface area contributed by atoms with Crippen molar-refractivity contribution < 1.29 is 0 Å². The summed E-state index contributed by atoms with van der Waals surface area (Å²) in [5.74, 6) is 0. The van der Waals surface area contributed by atoms with Gasteiger partial charge in [0, 0.05) is 56.4 Å². The second-order valence-corrected chi connectivity index (χ2v) is 6.73. The maximum atomic E-state index is 4.70. The quantitative estimate of drug-likeness (QED) is 0.810. The van der Waals surface area contributed by atoms with Gasteiger partial charge in [0.2, 0.25) is 0 Å². The summed E-state index contributed by atoms with van der Waals surface area (Å²) >= 11 is 0. The lowest BCUT2D eigenvalue weighted by atomic mass is 10.1. The molecule has 0 atom stereocenters. The van der Waals surface area contributed by atoms with E-state index in [9.17, 15) is 0 Å². The number of hydrogen-bond acceptors (Lipinski definition) is 4. The second kappa shape index (κ2) is 6.67. The highest BCUT2D eigenvalue weighted by atomic mass is 15.2. The predicted molar refractivity (Wildman–Crippen MR) is 99.8 cm³/mol. The molecule has 2 fully saturated rings. The lowest BCUT2D eigenvalue weighted by Crippen LogP contribution is -2.23. The smallest absolute Gasteiger partial charge is 0.101 e. The van der Waals surface area contributed by atoms with E-state index in [4.69, 9.17) is 4.99 Å². The molecule has 2 aliphatic rings. The number of benzene rings is 1. The van der Waals surface area contributed by atoms with Gasteiger partial charge in [-0.2, -0.15) is 5.10 Å². The number of hydrogen-bond donors (Lipinski definition) is 0. The zero-order valence-electron chi connectivity index (χ0n) is 14.4. The van der Waals surface area contributed by atoms with Crippen LogP contribution in [0, 0.1) is 0 Å². The van der Waals surface area contributed by atoms with Gasteiger partial charge in [-0.05, 0) is 37.8 Å². The Balaban J connectivity index is 1.73. The first-order valence-electron chi connectivity index (χ1n) is 8.97. The van der Waals surface area contributed by atoms with Crippen LogP contribution in [-0.4, -0.2) is 42.2 Å².